The molecule has 50 heavy (non-hydrogen) atoms. The van der Waals surface area contributed by atoms with Gasteiger partial charge in [0.05, 0.1) is 16.8 Å². The van der Waals surface area contributed by atoms with Crippen molar-refractivity contribution >= 4 is 10.8 Å². The summed E-state index contributed by atoms with van der Waals surface area (Å²) in [5.41, 5.74) is 14.8. The summed E-state index contributed by atoms with van der Waals surface area (Å²) >= 11 is 0. The SMILES string of the molecule is CC1(C)c2ccccc2C2(c3ccccc3-c3cccc(-c4nc(-c5ccccc5)cc(-c5cccc6ccccc56)n4)c32)c2ccccc21. The molecule has 8 aromatic rings. The Bertz CT molecular complexity index is 2580. The maximum Gasteiger partial charge on any atom is 0.160 e. The molecule has 2 heteroatoms. The van der Waals surface area contributed by atoms with E-state index in [1.807, 2.05) is 0 Å². The lowest BCUT2D eigenvalue weighted by Crippen LogP contribution is -2.41. The molecule has 2 aliphatic rings. The van der Waals surface area contributed by atoms with Crippen LogP contribution in [0, 0.1) is 0 Å². The van der Waals surface area contributed by atoms with Crippen molar-refractivity contribution in [3.05, 3.63) is 203 Å². The van der Waals surface area contributed by atoms with E-state index in [9.17, 15) is 0 Å². The maximum atomic E-state index is 5.50. The van der Waals surface area contributed by atoms with E-state index in [0.29, 0.717) is 0 Å². The van der Waals surface area contributed by atoms with Gasteiger partial charge in [0.15, 0.2) is 5.82 Å². The van der Waals surface area contributed by atoms with Gasteiger partial charge in [0, 0.05) is 22.1 Å². The van der Waals surface area contributed by atoms with Gasteiger partial charge in [-0.05, 0) is 61.3 Å². The number of hydrogen-bond acceptors (Lipinski definition) is 2. The largest absolute Gasteiger partial charge is 0.228 e. The zero-order valence-electron chi connectivity index (χ0n) is 28.1. The number of rotatable bonds is 3. The summed E-state index contributed by atoms with van der Waals surface area (Å²) in [5, 5.41) is 2.37. The molecule has 0 amide bonds. The smallest absolute Gasteiger partial charge is 0.160 e. The molecule has 0 unspecified atom stereocenters. The Morgan fingerprint density at radius 3 is 1.68 bits per heavy atom. The zero-order valence-corrected chi connectivity index (χ0v) is 28.1. The van der Waals surface area contributed by atoms with Crippen LogP contribution in [0.3, 0.4) is 0 Å². The molecular weight excluding hydrogens is 605 g/mol. The minimum absolute atomic E-state index is 0.170. The summed E-state index contributed by atoms with van der Waals surface area (Å²) in [6.07, 6.45) is 0. The Morgan fingerprint density at radius 1 is 0.400 bits per heavy atom. The summed E-state index contributed by atoms with van der Waals surface area (Å²) < 4.78 is 0. The highest BCUT2D eigenvalue weighted by molar-refractivity contribution is 5.97. The van der Waals surface area contributed by atoms with Crippen LogP contribution in [0.2, 0.25) is 0 Å². The van der Waals surface area contributed by atoms with Crippen LogP contribution in [0.15, 0.2) is 170 Å². The highest BCUT2D eigenvalue weighted by Gasteiger charge is 2.54. The van der Waals surface area contributed by atoms with Gasteiger partial charge in [-0.15, -0.1) is 0 Å². The molecule has 0 saturated carbocycles. The van der Waals surface area contributed by atoms with Gasteiger partial charge < -0.3 is 0 Å². The number of fused-ring (bicyclic) bond motifs is 10. The third-order valence-corrected chi connectivity index (χ3v) is 11.2. The molecular formula is C48H34N2. The van der Waals surface area contributed by atoms with Crippen LogP contribution >= 0.6 is 0 Å². The third kappa shape index (κ3) is 3.90. The maximum absolute atomic E-state index is 5.50. The second-order valence-electron chi connectivity index (χ2n) is 14.1. The summed E-state index contributed by atoms with van der Waals surface area (Å²) in [7, 11) is 0. The quantitative estimate of drug-likeness (QED) is 0.192. The third-order valence-electron chi connectivity index (χ3n) is 11.2. The second kappa shape index (κ2) is 10.7. The van der Waals surface area contributed by atoms with Crippen LogP contribution in [0.4, 0.5) is 0 Å². The molecule has 7 aromatic carbocycles. The molecule has 0 atom stereocenters. The summed E-state index contributed by atoms with van der Waals surface area (Å²) in [5.74, 6) is 0.734. The average molecular weight is 639 g/mol. The van der Waals surface area contributed by atoms with E-state index in [4.69, 9.17) is 9.97 Å². The van der Waals surface area contributed by atoms with E-state index in [1.54, 1.807) is 0 Å². The van der Waals surface area contributed by atoms with Gasteiger partial charge in [0.25, 0.3) is 0 Å². The number of benzene rings is 7. The first-order chi connectivity index (χ1) is 24.6. The first kappa shape index (κ1) is 28.9. The lowest BCUT2D eigenvalue weighted by atomic mass is 9.55. The van der Waals surface area contributed by atoms with E-state index in [2.05, 4.69) is 184 Å². The van der Waals surface area contributed by atoms with Gasteiger partial charge in [0.2, 0.25) is 0 Å². The first-order valence-electron chi connectivity index (χ1n) is 17.4. The monoisotopic (exact) mass is 638 g/mol. The minimum Gasteiger partial charge on any atom is -0.228 e. The van der Waals surface area contributed by atoms with Crippen molar-refractivity contribution in [1.82, 2.24) is 9.97 Å². The molecule has 0 saturated heterocycles. The van der Waals surface area contributed by atoms with Crippen molar-refractivity contribution < 1.29 is 0 Å². The molecule has 0 fully saturated rings. The van der Waals surface area contributed by atoms with E-state index < -0.39 is 5.41 Å². The molecule has 0 radical (unpaired) electrons. The van der Waals surface area contributed by atoms with Gasteiger partial charge in [-0.1, -0.05) is 178 Å². The fourth-order valence-electron chi connectivity index (χ4n) is 9.02. The summed E-state index contributed by atoms with van der Waals surface area (Å²) in [6, 6.07) is 61.6. The predicted octanol–water partition coefficient (Wildman–Crippen LogP) is 11.6. The van der Waals surface area contributed by atoms with Crippen LogP contribution in [0.25, 0.3) is 55.8 Å². The molecule has 0 aliphatic heterocycles. The zero-order chi connectivity index (χ0) is 33.5. The van der Waals surface area contributed by atoms with E-state index in [1.165, 1.54) is 55.3 Å². The first-order valence-corrected chi connectivity index (χ1v) is 17.4. The standard InChI is InChI=1S/C48H34N2/c1-47(2)39-26-10-12-28-41(39)48(42-29-13-11-27-40(42)47)38-25-9-8-21-34(38)36-23-15-24-37(45(36)48)46-49-43(32-17-4-3-5-18-32)30-44(50-46)35-22-14-19-31-16-6-7-20-33(31)35/h3-30H,1-2H3. The van der Waals surface area contributed by atoms with Gasteiger partial charge in [-0.3, -0.25) is 0 Å². The highest BCUT2D eigenvalue weighted by atomic mass is 14.9. The molecule has 2 aliphatic carbocycles. The number of nitrogens with zero attached hydrogens (tertiary/aromatic N) is 2. The topological polar surface area (TPSA) is 25.8 Å². The molecule has 2 nitrogen and oxygen atoms in total. The van der Waals surface area contributed by atoms with E-state index in [-0.39, 0.29) is 5.41 Å². The van der Waals surface area contributed by atoms with Crippen molar-refractivity contribution in [2.24, 2.45) is 0 Å². The molecule has 0 bridgehead atoms. The van der Waals surface area contributed by atoms with Crippen LogP contribution < -0.4 is 0 Å². The Balaban J connectivity index is 1.34. The molecule has 1 aromatic heterocycles. The van der Waals surface area contributed by atoms with Gasteiger partial charge >= 0.3 is 0 Å². The lowest BCUT2D eigenvalue weighted by Gasteiger charge is -2.47. The molecule has 0 N–H and O–H groups in total. The fraction of sp³-hybridized carbons (Fsp3) is 0.0833. The average Bonchev–Trinajstić information content (AvgIpc) is 3.48. The van der Waals surface area contributed by atoms with Crippen molar-refractivity contribution in [3.63, 3.8) is 0 Å². The minimum atomic E-state index is -0.545. The lowest BCUT2D eigenvalue weighted by molar-refractivity contribution is 0.563. The molecule has 1 spiro atoms. The van der Waals surface area contributed by atoms with Crippen molar-refractivity contribution in [3.8, 4) is 45.0 Å². The van der Waals surface area contributed by atoms with Crippen LogP contribution in [-0.4, -0.2) is 9.97 Å². The number of hydrogen-bond donors (Lipinski definition) is 0. The fourth-order valence-corrected chi connectivity index (χ4v) is 9.02. The van der Waals surface area contributed by atoms with Gasteiger partial charge in [-0.2, -0.15) is 0 Å². The summed E-state index contributed by atoms with van der Waals surface area (Å²) in [6.45, 7) is 4.74. The van der Waals surface area contributed by atoms with Crippen LogP contribution in [0.5, 0.6) is 0 Å². The molecule has 1 heterocycles. The number of aromatic nitrogens is 2. The summed E-state index contributed by atoms with van der Waals surface area (Å²) in [4.78, 5) is 10.9. The van der Waals surface area contributed by atoms with Crippen molar-refractivity contribution in [2.45, 2.75) is 24.7 Å². The van der Waals surface area contributed by atoms with Gasteiger partial charge in [0.1, 0.15) is 0 Å². The van der Waals surface area contributed by atoms with Crippen molar-refractivity contribution in [1.29, 1.82) is 0 Å². The van der Waals surface area contributed by atoms with E-state index >= 15 is 0 Å². The Morgan fingerprint density at radius 2 is 0.920 bits per heavy atom. The van der Waals surface area contributed by atoms with Crippen LogP contribution in [-0.2, 0) is 10.8 Å². The van der Waals surface area contributed by atoms with E-state index in [0.717, 1.165) is 33.9 Å². The Labute approximate surface area is 292 Å². The van der Waals surface area contributed by atoms with Crippen molar-refractivity contribution in [2.75, 3.05) is 0 Å². The molecule has 236 valence electrons. The molecule has 10 rings (SSSR count). The second-order valence-corrected chi connectivity index (χ2v) is 14.1. The van der Waals surface area contributed by atoms with Gasteiger partial charge in [-0.25, -0.2) is 9.97 Å². The normalized spacial score (nSPS) is 14.5. The predicted molar refractivity (Wildman–Crippen MR) is 205 cm³/mol. The highest BCUT2D eigenvalue weighted by Crippen LogP contribution is 2.63. The Hall–Kier alpha value is -6.12. The Kier molecular flexibility index (Phi) is 6.17. The van der Waals surface area contributed by atoms with Crippen LogP contribution in [0.1, 0.15) is 47.2 Å².